The van der Waals surface area contributed by atoms with Gasteiger partial charge in [-0.05, 0) is 11.6 Å². The summed E-state index contributed by atoms with van der Waals surface area (Å²) in [5.41, 5.74) is 2.35. The van der Waals surface area contributed by atoms with Crippen LogP contribution in [0, 0.1) is 10.1 Å². The van der Waals surface area contributed by atoms with Gasteiger partial charge in [0.05, 0.1) is 4.92 Å². The standard InChI is InChI=1S/C10H9I2NO3/c11-5-7-3-8(1-2-13(15)16)10(14)9(4-7)6-12/h1-4,14H,5-6H2/b2-1+. The van der Waals surface area contributed by atoms with E-state index in [4.69, 9.17) is 0 Å². The Morgan fingerprint density at radius 1 is 1.38 bits per heavy atom. The van der Waals surface area contributed by atoms with Gasteiger partial charge in [-0.3, -0.25) is 10.1 Å². The number of phenolic OH excluding ortho intramolecular Hbond substituents is 1. The van der Waals surface area contributed by atoms with Gasteiger partial charge in [0.15, 0.2) is 0 Å². The van der Waals surface area contributed by atoms with Crippen molar-refractivity contribution in [1.82, 2.24) is 0 Å². The molecule has 4 nitrogen and oxygen atoms in total. The average molecular weight is 445 g/mol. The molecular formula is C10H9I2NO3. The number of nitro groups is 1. The van der Waals surface area contributed by atoms with E-state index in [9.17, 15) is 15.2 Å². The van der Waals surface area contributed by atoms with Crippen LogP contribution in [0.25, 0.3) is 6.08 Å². The SMILES string of the molecule is O=[N+]([O-])/C=C/c1cc(CI)cc(CI)c1O. The second kappa shape index (κ2) is 6.38. The predicted octanol–water partition coefficient (Wildman–Crippen LogP) is 3.51. The molecule has 0 spiro atoms. The molecule has 0 fully saturated rings. The molecule has 0 bridgehead atoms. The zero-order valence-electron chi connectivity index (χ0n) is 8.19. The summed E-state index contributed by atoms with van der Waals surface area (Å²) in [5.74, 6) is 0.126. The lowest BCUT2D eigenvalue weighted by Gasteiger charge is -2.07. The zero-order valence-corrected chi connectivity index (χ0v) is 12.5. The average Bonchev–Trinajstić information content (AvgIpc) is 2.27. The van der Waals surface area contributed by atoms with Gasteiger partial charge in [0.1, 0.15) is 5.75 Å². The van der Waals surface area contributed by atoms with Crippen LogP contribution in [0.4, 0.5) is 0 Å². The summed E-state index contributed by atoms with van der Waals surface area (Å²) >= 11 is 4.36. The molecule has 1 rings (SSSR count). The van der Waals surface area contributed by atoms with Crippen LogP contribution in [-0.2, 0) is 8.86 Å². The first-order valence-electron chi connectivity index (χ1n) is 4.37. The van der Waals surface area contributed by atoms with Crippen molar-refractivity contribution in [3.63, 3.8) is 0 Å². The molecule has 86 valence electrons. The maximum absolute atomic E-state index is 10.2. The van der Waals surface area contributed by atoms with Gasteiger partial charge < -0.3 is 5.11 Å². The van der Waals surface area contributed by atoms with Crippen molar-refractivity contribution >= 4 is 51.3 Å². The summed E-state index contributed by atoms with van der Waals surface area (Å²) in [5, 5.41) is 20.1. The molecule has 1 aromatic carbocycles. The number of hydrogen-bond donors (Lipinski definition) is 1. The number of halogens is 2. The molecule has 16 heavy (non-hydrogen) atoms. The largest absolute Gasteiger partial charge is 0.507 e. The normalized spacial score (nSPS) is 10.9. The molecule has 0 atom stereocenters. The molecule has 0 saturated carbocycles. The van der Waals surface area contributed by atoms with Gasteiger partial charge in [0, 0.05) is 26.1 Å². The molecule has 0 aliphatic rings. The lowest BCUT2D eigenvalue weighted by Crippen LogP contribution is -1.89. The van der Waals surface area contributed by atoms with Crippen molar-refractivity contribution in [3.05, 3.63) is 45.1 Å². The summed E-state index contributed by atoms with van der Waals surface area (Å²) in [6.07, 6.45) is 2.16. The van der Waals surface area contributed by atoms with Crippen molar-refractivity contribution in [2.75, 3.05) is 0 Å². The lowest BCUT2D eigenvalue weighted by molar-refractivity contribution is -0.400. The Hall–Kier alpha value is -0.380. The second-order valence-electron chi connectivity index (χ2n) is 3.06. The van der Waals surface area contributed by atoms with Crippen LogP contribution in [0.2, 0.25) is 0 Å². The van der Waals surface area contributed by atoms with Crippen molar-refractivity contribution in [2.45, 2.75) is 8.86 Å². The summed E-state index contributed by atoms with van der Waals surface area (Å²) in [4.78, 5) is 9.69. The molecule has 0 amide bonds. The molecule has 0 aromatic heterocycles. The predicted molar refractivity (Wildman–Crippen MR) is 79.6 cm³/mol. The van der Waals surface area contributed by atoms with Crippen molar-refractivity contribution in [3.8, 4) is 5.75 Å². The molecule has 0 heterocycles. The van der Waals surface area contributed by atoms with E-state index in [-0.39, 0.29) is 5.75 Å². The van der Waals surface area contributed by atoms with Crippen LogP contribution in [0.3, 0.4) is 0 Å². The third kappa shape index (κ3) is 3.58. The first-order chi connectivity index (χ1) is 7.58. The van der Waals surface area contributed by atoms with Gasteiger partial charge in [0.25, 0.3) is 0 Å². The Kier molecular flexibility index (Phi) is 5.46. The summed E-state index contributed by atoms with van der Waals surface area (Å²) < 4.78 is 1.48. The summed E-state index contributed by atoms with van der Waals surface area (Å²) in [7, 11) is 0. The van der Waals surface area contributed by atoms with Crippen molar-refractivity contribution in [1.29, 1.82) is 0 Å². The third-order valence-corrected chi connectivity index (χ3v) is 3.65. The first-order valence-corrected chi connectivity index (χ1v) is 7.42. The molecule has 0 radical (unpaired) electrons. The van der Waals surface area contributed by atoms with E-state index in [2.05, 4.69) is 45.2 Å². The number of benzene rings is 1. The fourth-order valence-electron chi connectivity index (χ4n) is 1.23. The topological polar surface area (TPSA) is 63.4 Å². The van der Waals surface area contributed by atoms with Gasteiger partial charge in [-0.2, -0.15) is 0 Å². The number of hydrogen-bond acceptors (Lipinski definition) is 3. The molecule has 1 N–H and O–H groups in total. The third-order valence-electron chi connectivity index (χ3n) is 1.95. The van der Waals surface area contributed by atoms with Gasteiger partial charge in [-0.15, -0.1) is 0 Å². The van der Waals surface area contributed by atoms with E-state index in [0.717, 1.165) is 21.8 Å². The van der Waals surface area contributed by atoms with Gasteiger partial charge >= 0.3 is 0 Å². The quantitative estimate of drug-likeness (QED) is 0.334. The minimum atomic E-state index is -0.542. The van der Waals surface area contributed by atoms with Gasteiger partial charge in [-0.25, -0.2) is 0 Å². The maximum Gasteiger partial charge on any atom is 0.235 e. The van der Waals surface area contributed by atoms with Crippen LogP contribution in [0.1, 0.15) is 16.7 Å². The van der Waals surface area contributed by atoms with Crippen LogP contribution < -0.4 is 0 Å². The highest BCUT2D eigenvalue weighted by atomic mass is 127. The summed E-state index contributed by atoms with van der Waals surface area (Å²) in [6, 6.07) is 3.68. The lowest BCUT2D eigenvalue weighted by atomic mass is 10.1. The highest BCUT2D eigenvalue weighted by molar-refractivity contribution is 14.1. The highest BCUT2D eigenvalue weighted by Gasteiger charge is 2.07. The monoisotopic (exact) mass is 445 g/mol. The molecule has 0 saturated heterocycles. The molecular weight excluding hydrogens is 436 g/mol. The minimum Gasteiger partial charge on any atom is -0.507 e. The summed E-state index contributed by atoms with van der Waals surface area (Å²) in [6.45, 7) is 0. The number of aromatic hydroxyl groups is 1. The molecule has 0 unspecified atom stereocenters. The fourth-order valence-corrected chi connectivity index (χ4v) is 2.26. The van der Waals surface area contributed by atoms with Gasteiger partial charge in [-0.1, -0.05) is 51.2 Å². The van der Waals surface area contributed by atoms with E-state index in [0.29, 0.717) is 9.99 Å². The van der Waals surface area contributed by atoms with E-state index in [1.54, 1.807) is 6.07 Å². The Morgan fingerprint density at radius 2 is 2.06 bits per heavy atom. The van der Waals surface area contributed by atoms with Crippen LogP contribution in [-0.4, -0.2) is 10.0 Å². The fraction of sp³-hybridized carbons (Fsp3) is 0.200. The number of nitrogens with zero attached hydrogens (tertiary/aromatic N) is 1. The zero-order chi connectivity index (χ0) is 12.1. The molecule has 0 aliphatic heterocycles. The van der Waals surface area contributed by atoms with Crippen molar-refractivity contribution < 1.29 is 10.0 Å². The minimum absolute atomic E-state index is 0.126. The van der Waals surface area contributed by atoms with Crippen LogP contribution in [0.5, 0.6) is 5.75 Å². The Bertz CT molecular complexity index is 432. The second-order valence-corrected chi connectivity index (χ2v) is 4.59. The van der Waals surface area contributed by atoms with Crippen LogP contribution in [0.15, 0.2) is 18.3 Å². The Balaban J connectivity index is 3.20. The van der Waals surface area contributed by atoms with E-state index in [1.165, 1.54) is 6.08 Å². The number of phenols is 1. The first kappa shape index (κ1) is 13.7. The number of rotatable bonds is 4. The van der Waals surface area contributed by atoms with E-state index >= 15 is 0 Å². The number of alkyl halides is 2. The van der Waals surface area contributed by atoms with Crippen molar-refractivity contribution in [2.24, 2.45) is 0 Å². The Labute approximate surface area is 120 Å². The molecule has 1 aromatic rings. The molecule has 6 heteroatoms. The Morgan fingerprint density at radius 3 is 2.56 bits per heavy atom. The molecule has 0 aliphatic carbocycles. The van der Waals surface area contributed by atoms with Gasteiger partial charge in [0.2, 0.25) is 6.20 Å². The highest BCUT2D eigenvalue weighted by Crippen LogP contribution is 2.28. The smallest absolute Gasteiger partial charge is 0.235 e. The maximum atomic E-state index is 10.2. The van der Waals surface area contributed by atoms with E-state index < -0.39 is 4.92 Å². The van der Waals surface area contributed by atoms with E-state index in [1.807, 2.05) is 6.07 Å². The van der Waals surface area contributed by atoms with Crippen LogP contribution >= 0.6 is 45.2 Å².